The Morgan fingerprint density at radius 1 is 1.17 bits per heavy atom. The minimum absolute atomic E-state index is 0.144. The van der Waals surface area contributed by atoms with E-state index in [2.05, 4.69) is 36.1 Å². The van der Waals surface area contributed by atoms with E-state index >= 15 is 0 Å². The molecule has 0 spiro atoms. The van der Waals surface area contributed by atoms with Crippen molar-refractivity contribution < 1.29 is 4.52 Å². The molecule has 3 rings (SSSR count). The van der Waals surface area contributed by atoms with Gasteiger partial charge in [0.15, 0.2) is 11.6 Å². The molecule has 2 N–H and O–H groups in total. The molecule has 7 heteroatoms. The average Bonchev–Trinajstić information content (AvgIpc) is 3.12. The van der Waals surface area contributed by atoms with Gasteiger partial charge in [0.05, 0.1) is 5.69 Å². The van der Waals surface area contributed by atoms with Gasteiger partial charge in [-0.2, -0.15) is 0 Å². The zero-order chi connectivity index (χ0) is 16.4. The van der Waals surface area contributed by atoms with Crippen LogP contribution in [0.25, 0.3) is 11.3 Å². The van der Waals surface area contributed by atoms with Gasteiger partial charge < -0.3 is 10.4 Å². The SMILES string of the molecule is CC(C)(C)c1nnc(SCc2cc(-c3ccccc3)on2)n1N. The first-order valence-electron chi connectivity index (χ1n) is 7.30. The summed E-state index contributed by atoms with van der Waals surface area (Å²) in [6.45, 7) is 6.16. The molecule has 0 aliphatic rings. The summed E-state index contributed by atoms with van der Waals surface area (Å²) in [6, 6.07) is 11.8. The predicted molar refractivity (Wildman–Crippen MR) is 90.4 cm³/mol. The van der Waals surface area contributed by atoms with Gasteiger partial charge in [-0.3, -0.25) is 0 Å². The van der Waals surface area contributed by atoms with Crippen LogP contribution in [0.5, 0.6) is 0 Å². The molecule has 23 heavy (non-hydrogen) atoms. The van der Waals surface area contributed by atoms with Crippen LogP contribution in [0.4, 0.5) is 0 Å². The van der Waals surface area contributed by atoms with Crippen molar-refractivity contribution in [2.24, 2.45) is 0 Å². The number of nitrogens with zero attached hydrogens (tertiary/aromatic N) is 4. The maximum absolute atomic E-state index is 6.08. The molecule has 0 aliphatic carbocycles. The molecule has 0 amide bonds. The largest absolute Gasteiger partial charge is 0.356 e. The van der Waals surface area contributed by atoms with Gasteiger partial charge in [-0.05, 0) is 0 Å². The molecule has 1 aromatic carbocycles. The summed E-state index contributed by atoms with van der Waals surface area (Å²) in [6.07, 6.45) is 0. The zero-order valence-corrected chi connectivity index (χ0v) is 14.2. The molecule has 0 radical (unpaired) electrons. The average molecular weight is 329 g/mol. The van der Waals surface area contributed by atoms with Crippen LogP contribution in [0.3, 0.4) is 0 Å². The summed E-state index contributed by atoms with van der Waals surface area (Å²) >= 11 is 1.49. The van der Waals surface area contributed by atoms with E-state index in [0.717, 1.165) is 22.8 Å². The molecule has 2 heterocycles. The summed E-state index contributed by atoms with van der Waals surface area (Å²) in [5.74, 6) is 8.21. The lowest BCUT2D eigenvalue weighted by Crippen LogP contribution is -2.24. The Morgan fingerprint density at radius 3 is 2.57 bits per heavy atom. The molecule has 0 fully saturated rings. The van der Waals surface area contributed by atoms with Crippen LogP contribution in [0.2, 0.25) is 0 Å². The predicted octanol–water partition coefficient (Wildman–Crippen LogP) is 3.24. The third kappa shape index (κ3) is 3.39. The van der Waals surface area contributed by atoms with Gasteiger partial charge in [-0.15, -0.1) is 10.2 Å². The molecule has 0 saturated heterocycles. The van der Waals surface area contributed by atoms with Crippen molar-refractivity contribution in [3.8, 4) is 11.3 Å². The number of rotatable bonds is 4. The molecule has 120 valence electrons. The fraction of sp³-hybridized carbons (Fsp3) is 0.312. The Morgan fingerprint density at radius 2 is 1.91 bits per heavy atom. The molecule has 0 saturated carbocycles. The molecule has 0 aliphatic heterocycles. The summed E-state index contributed by atoms with van der Waals surface area (Å²) in [7, 11) is 0. The van der Waals surface area contributed by atoms with Crippen molar-refractivity contribution in [1.82, 2.24) is 20.0 Å². The highest BCUT2D eigenvalue weighted by molar-refractivity contribution is 7.98. The van der Waals surface area contributed by atoms with E-state index in [1.165, 1.54) is 11.8 Å². The maximum atomic E-state index is 6.08. The van der Waals surface area contributed by atoms with E-state index in [1.54, 1.807) is 4.68 Å². The Hall–Kier alpha value is -2.28. The van der Waals surface area contributed by atoms with Crippen molar-refractivity contribution in [2.45, 2.75) is 37.1 Å². The Balaban J connectivity index is 1.70. The van der Waals surface area contributed by atoms with E-state index in [1.807, 2.05) is 36.4 Å². The van der Waals surface area contributed by atoms with Gasteiger partial charge in [-0.25, -0.2) is 4.68 Å². The third-order valence-electron chi connectivity index (χ3n) is 3.30. The zero-order valence-electron chi connectivity index (χ0n) is 13.4. The molecule has 6 nitrogen and oxygen atoms in total. The van der Waals surface area contributed by atoms with Crippen LogP contribution in [-0.4, -0.2) is 20.0 Å². The van der Waals surface area contributed by atoms with Gasteiger partial charge in [0.1, 0.15) is 0 Å². The first-order chi connectivity index (χ1) is 10.9. The van der Waals surface area contributed by atoms with E-state index in [9.17, 15) is 0 Å². The van der Waals surface area contributed by atoms with Crippen LogP contribution >= 0.6 is 11.8 Å². The van der Waals surface area contributed by atoms with Gasteiger partial charge in [0.25, 0.3) is 0 Å². The van der Waals surface area contributed by atoms with Crippen LogP contribution in [0, 0.1) is 0 Å². The fourth-order valence-corrected chi connectivity index (χ4v) is 2.88. The highest BCUT2D eigenvalue weighted by Gasteiger charge is 2.23. The number of hydrogen-bond acceptors (Lipinski definition) is 6. The van der Waals surface area contributed by atoms with Crippen LogP contribution in [0.1, 0.15) is 32.3 Å². The molecule has 2 aromatic heterocycles. The lowest BCUT2D eigenvalue weighted by atomic mass is 9.96. The van der Waals surface area contributed by atoms with Crippen molar-refractivity contribution >= 4 is 11.8 Å². The number of nitrogen functional groups attached to an aromatic ring is 1. The monoisotopic (exact) mass is 329 g/mol. The normalized spacial score (nSPS) is 11.8. The number of hydrogen-bond donors (Lipinski definition) is 1. The highest BCUT2D eigenvalue weighted by atomic mass is 32.2. The lowest BCUT2D eigenvalue weighted by molar-refractivity contribution is 0.426. The summed E-state index contributed by atoms with van der Waals surface area (Å²) < 4.78 is 6.94. The topological polar surface area (TPSA) is 82.8 Å². The fourth-order valence-electron chi connectivity index (χ4n) is 2.14. The third-order valence-corrected chi connectivity index (χ3v) is 4.28. The minimum atomic E-state index is -0.144. The second kappa shape index (κ2) is 6.08. The molecule has 3 aromatic rings. The minimum Gasteiger partial charge on any atom is -0.356 e. The van der Waals surface area contributed by atoms with Crippen molar-refractivity contribution in [3.05, 3.63) is 47.9 Å². The first-order valence-corrected chi connectivity index (χ1v) is 8.28. The summed E-state index contributed by atoms with van der Waals surface area (Å²) in [5, 5.41) is 13.1. The van der Waals surface area contributed by atoms with Crippen LogP contribution < -0.4 is 5.84 Å². The van der Waals surface area contributed by atoms with Crippen molar-refractivity contribution in [1.29, 1.82) is 0 Å². The van der Waals surface area contributed by atoms with Crippen molar-refractivity contribution in [3.63, 3.8) is 0 Å². The molecular formula is C16H19N5OS. The second-order valence-corrected chi connectivity index (χ2v) is 7.21. The first kappa shape index (κ1) is 15.6. The molecular weight excluding hydrogens is 310 g/mol. The summed E-state index contributed by atoms with van der Waals surface area (Å²) in [4.78, 5) is 0. The molecule has 0 atom stereocenters. The summed E-state index contributed by atoms with van der Waals surface area (Å²) in [5.41, 5.74) is 1.71. The van der Waals surface area contributed by atoms with Gasteiger partial charge in [-0.1, -0.05) is 68.0 Å². The lowest BCUT2D eigenvalue weighted by Gasteiger charge is -2.16. The quantitative estimate of drug-likeness (QED) is 0.584. The van der Waals surface area contributed by atoms with E-state index < -0.39 is 0 Å². The highest BCUT2D eigenvalue weighted by Crippen LogP contribution is 2.27. The van der Waals surface area contributed by atoms with Crippen molar-refractivity contribution in [2.75, 3.05) is 5.84 Å². The standard InChI is InChI=1S/C16H19N5OS/c1-16(2,3)14-18-19-15(21(14)17)23-10-12-9-13(22-20-12)11-7-5-4-6-8-11/h4-9H,10,17H2,1-3H3. The van der Waals surface area contributed by atoms with Crippen LogP contribution in [-0.2, 0) is 11.2 Å². The molecule has 0 unspecified atom stereocenters. The molecule has 0 bridgehead atoms. The van der Waals surface area contributed by atoms with E-state index in [4.69, 9.17) is 10.4 Å². The van der Waals surface area contributed by atoms with Gasteiger partial charge in [0.2, 0.25) is 5.16 Å². The Labute approximate surface area is 139 Å². The van der Waals surface area contributed by atoms with E-state index in [0.29, 0.717) is 10.9 Å². The number of aromatic nitrogens is 4. The number of benzene rings is 1. The van der Waals surface area contributed by atoms with Gasteiger partial charge >= 0.3 is 0 Å². The maximum Gasteiger partial charge on any atom is 0.210 e. The number of thioether (sulfide) groups is 1. The Bertz CT molecular complexity index is 788. The smallest absolute Gasteiger partial charge is 0.210 e. The van der Waals surface area contributed by atoms with Crippen LogP contribution in [0.15, 0.2) is 46.1 Å². The second-order valence-electron chi connectivity index (χ2n) is 6.26. The number of nitrogens with two attached hydrogens (primary N) is 1. The van der Waals surface area contributed by atoms with Gasteiger partial charge in [0, 0.05) is 22.8 Å². The Kier molecular flexibility index (Phi) is 4.12. The van der Waals surface area contributed by atoms with E-state index in [-0.39, 0.29) is 5.41 Å².